The molecule has 2 aliphatic rings. The quantitative estimate of drug-likeness (QED) is 0.346. The number of methoxy groups -OCH3 is 2. The molecule has 1 aliphatic heterocycles. The summed E-state index contributed by atoms with van der Waals surface area (Å²) in [5.41, 5.74) is 3.06. The van der Waals surface area contributed by atoms with Crippen LogP contribution in [0, 0.1) is 18.8 Å². The average molecular weight is 575 g/mol. The zero-order chi connectivity index (χ0) is 29.1. The van der Waals surface area contributed by atoms with Crippen LogP contribution < -0.4 is 4.74 Å². The molecule has 2 atom stereocenters. The van der Waals surface area contributed by atoms with Crippen molar-refractivity contribution in [1.82, 2.24) is 9.21 Å². The zero-order valence-electron chi connectivity index (χ0n) is 23.4. The van der Waals surface area contributed by atoms with Crippen LogP contribution in [0.1, 0.15) is 29.5 Å². The van der Waals surface area contributed by atoms with Gasteiger partial charge in [-0.15, -0.1) is 0 Å². The number of carbonyl (C=O) groups excluding carboxylic acids is 2. The lowest BCUT2D eigenvalue weighted by Crippen LogP contribution is -2.52. The van der Waals surface area contributed by atoms with Gasteiger partial charge in [0, 0.05) is 18.8 Å². The summed E-state index contributed by atoms with van der Waals surface area (Å²) in [6.07, 6.45) is 1.72. The molecule has 0 spiro atoms. The fourth-order valence-electron chi connectivity index (χ4n) is 5.60. The van der Waals surface area contributed by atoms with Gasteiger partial charge in [-0.25, -0.2) is 8.42 Å². The van der Waals surface area contributed by atoms with Crippen LogP contribution in [0.5, 0.6) is 5.75 Å². The summed E-state index contributed by atoms with van der Waals surface area (Å²) in [4.78, 5) is 29.2. The highest BCUT2D eigenvalue weighted by Gasteiger charge is 2.55. The molecule has 41 heavy (non-hydrogen) atoms. The third-order valence-electron chi connectivity index (χ3n) is 7.80. The molecule has 5 rings (SSSR count). The van der Waals surface area contributed by atoms with Crippen LogP contribution in [0.4, 0.5) is 0 Å². The summed E-state index contributed by atoms with van der Waals surface area (Å²) in [6.45, 7) is 3.01. The lowest BCUT2D eigenvalue weighted by molar-refractivity contribution is -0.150. The second-order valence-electron chi connectivity index (χ2n) is 10.3. The van der Waals surface area contributed by atoms with Crippen molar-refractivity contribution in [3.63, 3.8) is 0 Å². The molecule has 0 saturated carbocycles. The number of aryl methyl sites for hydroxylation is 1. The van der Waals surface area contributed by atoms with Gasteiger partial charge in [0.05, 0.1) is 31.6 Å². The maximum absolute atomic E-state index is 14.4. The predicted octanol–water partition coefficient (Wildman–Crippen LogP) is 4.65. The van der Waals surface area contributed by atoms with E-state index in [-0.39, 0.29) is 17.3 Å². The molecule has 214 valence electrons. The number of benzene rings is 3. The minimum absolute atomic E-state index is 0.0102. The van der Waals surface area contributed by atoms with Gasteiger partial charge in [0.25, 0.3) is 10.0 Å². The van der Waals surface area contributed by atoms with E-state index < -0.39 is 27.8 Å². The lowest BCUT2D eigenvalue weighted by Gasteiger charge is -2.45. The van der Waals surface area contributed by atoms with E-state index in [1.807, 2.05) is 37.3 Å². The number of hydrogen-bond acceptors (Lipinski definition) is 6. The highest BCUT2D eigenvalue weighted by molar-refractivity contribution is 7.89. The van der Waals surface area contributed by atoms with Crippen molar-refractivity contribution in [3.05, 3.63) is 101 Å². The Morgan fingerprint density at radius 3 is 2.10 bits per heavy atom. The van der Waals surface area contributed by atoms with Gasteiger partial charge in [-0.1, -0.05) is 60.2 Å². The number of ether oxygens (including phenoxy) is 2. The van der Waals surface area contributed by atoms with E-state index in [0.717, 1.165) is 24.0 Å². The molecule has 3 aromatic rings. The van der Waals surface area contributed by atoms with E-state index in [4.69, 9.17) is 9.47 Å². The smallest absolute Gasteiger partial charge is 0.314 e. The number of hydrogen-bond donors (Lipinski definition) is 0. The lowest BCUT2D eigenvalue weighted by atomic mass is 9.67. The summed E-state index contributed by atoms with van der Waals surface area (Å²) in [5, 5.41) is 0. The van der Waals surface area contributed by atoms with E-state index >= 15 is 0 Å². The first-order chi connectivity index (χ1) is 19.8. The molecule has 8 nitrogen and oxygen atoms in total. The van der Waals surface area contributed by atoms with Crippen LogP contribution in [-0.4, -0.2) is 56.8 Å². The van der Waals surface area contributed by atoms with Crippen LogP contribution in [0.3, 0.4) is 0 Å². The topological polar surface area (TPSA) is 93.2 Å². The molecule has 1 aliphatic carbocycles. The third kappa shape index (κ3) is 5.46. The Hall–Kier alpha value is -4.11. The summed E-state index contributed by atoms with van der Waals surface area (Å²) in [6, 6.07) is 22.9. The average Bonchev–Trinajstić information content (AvgIpc) is 3.52. The Balaban J connectivity index is 1.75. The van der Waals surface area contributed by atoms with Gasteiger partial charge in [0.1, 0.15) is 11.7 Å². The highest BCUT2D eigenvalue weighted by Crippen LogP contribution is 2.52. The molecule has 0 bridgehead atoms. The predicted molar refractivity (Wildman–Crippen MR) is 155 cm³/mol. The third-order valence-corrected chi connectivity index (χ3v) is 9.58. The van der Waals surface area contributed by atoms with Crippen molar-refractivity contribution in [2.75, 3.05) is 27.3 Å². The van der Waals surface area contributed by atoms with E-state index in [9.17, 15) is 18.0 Å². The Labute approximate surface area is 241 Å². The van der Waals surface area contributed by atoms with Crippen LogP contribution in [0.2, 0.25) is 0 Å². The molecule has 9 heteroatoms. The van der Waals surface area contributed by atoms with Gasteiger partial charge < -0.3 is 14.4 Å². The molecule has 3 aromatic carbocycles. The second kappa shape index (κ2) is 11.8. The van der Waals surface area contributed by atoms with Crippen molar-refractivity contribution in [1.29, 1.82) is 0 Å². The molecule has 0 unspecified atom stereocenters. The SMILES string of the molecule is COC(=O)[C@@H]1C(c2ccc(OC)cc2)=C(N(Cc2ccccc2)S(=O)(=O)c2ccc(C)cc2)[C@@H]1C(=O)N1CCCC1. The molecule has 0 aromatic heterocycles. The number of esters is 1. The van der Waals surface area contributed by atoms with E-state index in [1.54, 1.807) is 60.5 Å². The Morgan fingerprint density at radius 2 is 1.51 bits per heavy atom. The van der Waals surface area contributed by atoms with Gasteiger partial charge in [-0.3, -0.25) is 13.9 Å². The first-order valence-electron chi connectivity index (χ1n) is 13.6. The summed E-state index contributed by atoms with van der Waals surface area (Å²) in [5.74, 6) is -2.20. The number of amides is 1. The van der Waals surface area contributed by atoms with Crippen molar-refractivity contribution >= 4 is 27.5 Å². The van der Waals surface area contributed by atoms with Crippen LogP contribution >= 0.6 is 0 Å². The molecular formula is C32H34N2O6S. The molecule has 1 amide bonds. The number of rotatable bonds is 9. The van der Waals surface area contributed by atoms with Crippen molar-refractivity contribution < 1.29 is 27.5 Å². The first kappa shape index (κ1) is 28.4. The van der Waals surface area contributed by atoms with E-state index in [0.29, 0.717) is 35.7 Å². The van der Waals surface area contributed by atoms with Crippen LogP contribution in [0.15, 0.2) is 89.5 Å². The summed E-state index contributed by atoms with van der Waals surface area (Å²) < 4.78 is 40.7. The Kier molecular flexibility index (Phi) is 8.17. The number of sulfonamides is 1. The Morgan fingerprint density at radius 1 is 0.878 bits per heavy atom. The summed E-state index contributed by atoms with van der Waals surface area (Å²) in [7, 11) is -1.31. The number of nitrogens with zero attached hydrogens (tertiary/aromatic N) is 2. The molecule has 1 fully saturated rings. The highest BCUT2D eigenvalue weighted by atomic mass is 32.2. The maximum atomic E-state index is 14.4. The minimum atomic E-state index is -4.15. The van der Waals surface area contributed by atoms with Crippen LogP contribution in [-0.2, 0) is 30.9 Å². The van der Waals surface area contributed by atoms with Crippen molar-refractivity contribution in [2.45, 2.75) is 31.2 Å². The molecule has 1 saturated heterocycles. The largest absolute Gasteiger partial charge is 0.497 e. The van der Waals surface area contributed by atoms with Crippen molar-refractivity contribution in [2.24, 2.45) is 11.8 Å². The fourth-order valence-corrected chi connectivity index (χ4v) is 7.13. The molecule has 0 radical (unpaired) electrons. The zero-order valence-corrected chi connectivity index (χ0v) is 24.3. The fraction of sp³-hybridized carbons (Fsp3) is 0.312. The first-order valence-corrected chi connectivity index (χ1v) is 15.1. The van der Waals surface area contributed by atoms with Gasteiger partial charge >= 0.3 is 5.97 Å². The van der Waals surface area contributed by atoms with E-state index in [1.165, 1.54) is 11.4 Å². The van der Waals surface area contributed by atoms with E-state index in [2.05, 4.69) is 0 Å². The van der Waals surface area contributed by atoms with Crippen LogP contribution in [0.25, 0.3) is 5.57 Å². The van der Waals surface area contributed by atoms with Gasteiger partial charge in [0.15, 0.2) is 0 Å². The minimum Gasteiger partial charge on any atom is -0.497 e. The second-order valence-corrected chi connectivity index (χ2v) is 12.2. The molecular weight excluding hydrogens is 540 g/mol. The number of likely N-dealkylation sites (tertiary alicyclic amines) is 1. The molecule has 1 heterocycles. The molecule has 0 N–H and O–H groups in total. The maximum Gasteiger partial charge on any atom is 0.314 e. The Bertz CT molecular complexity index is 1540. The van der Waals surface area contributed by atoms with Gasteiger partial charge in [-0.2, -0.15) is 0 Å². The number of carbonyl (C=O) groups is 2. The van der Waals surface area contributed by atoms with Gasteiger partial charge in [-0.05, 0) is 60.7 Å². The standard InChI is InChI=1S/C32H34N2O6S/c1-22-11-17-26(18-12-22)41(37,38)34(21-23-9-5-4-6-10-23)30-27(24-13-15-25(39-2)16-14-24)28(32(36)40-3)29(30)31(35)33-19-7-8-20-33/h4-6,9-18,28-29H,7-8,19-21H2,1-3H3/t28-,29-/m1/s1. The monoisotopic (exact) mass is 574 g/mol. The van der Waals surface area contributed by atoms with Crippen molar-refractivity contribution in [3.8, 4) is 5.75 Å². The summed E-state index contributed by atoms with van der Waals surface area (Å²) >= 11 is 0. The van der Waals surface area contributed by atoms with Gasteiger partial charge in [0.2, 0.25) is 5.91 Å². The normalized spacial score (nSPS) is 18.6.